The van der Waals surface area contributed by atoms with Gasteiger partial charge in [0.15, 0.2) is 0 Å². The van der Waals surface area contributed by atoms with Crippen molar-refractivity contribution in [1.82, 2.24) is 0 Å². The van der Waals surface area contributed by atoms with Gasteiger partial charge in [-0.25, -0.2) is 4.79 Å². The monoisotopic (exact) mass is 363 g/mol. The first-order chi connectivity index (χ1) is 12.9. The molecule has 0 fully saturated rings. The third kappa shape index (κ3) is 3.10. The normalized spacial score (nSPS) is 17.1. The number of hydrogen-bond donors (Lipinski definition) is 1. The summed E-state index contributed by atoms with van der Waals surface area (Å²) in [7, 11) is 0. The van der Waals surface area contributed by atoms with Gasteiger partial charge < -0.3 is 14.4 Å². The molecular formula is C22H21NO4. The van der Waals surface area contributed by atoms with Gasteiger partial charge in [-0.1, -0.05) is 49.3 Å². The topological polar surface area (TPSA) is 72.0 Å². The van der Waals surface area contributed by atoms with Gasteiger partial charge in [0.05, 0.1) is 5.71 Å². The molecule has 0 saturated heterocycles. The molecule has 138 valence electrons. The average molecular weight is 363 g/mol. The molecule has 0 aliphatic heterocycles. The first-order valence-corrected chi connectivity index (χ1v) is 8.92. The number of nitrogens with zero attached hydrogens (tertiary/aromatic N) is 1. The summed E-state index contributed by atoms with van der Waals surface area (Å²) in [6.07, 6.45) is 1.29. The van der Waals surface area contributed by atoms with Crippen molar-refractivity contribution in [2.75, 3.05) is 0 Å². The van der Waals surface area contributed by atoms with Crippen molar-refractivity contribution >= 4 is 22.5 Å². The lowest BCUT2D eigenvalue weighted by Crippen LogP contribution is -2.27. The molecule has 0 spiro atoms. The van der Waals surface area contributed by atoms with Crippen molar-refractivity contribution in [2.45, 2.75) is 33.6 Å². The minimum absolute atomic E-state index is 0.0988. The van der Waals surface area contributed by atoms with E-state index in [1.165, 1.54) is 0 Å². The molecule has 2 aromatic carbocycles. The Bertz CT molecular complexity index is 1080. The third-order valence-corrected chi connectivity index (χ3v) is 5.03. The van der Waals surface area contributed by atoms with E-state index in [9.17, 15) is 10.0 Å². The second-order valence-electron chi connectivity index (χ2n) is 7.82. The number of furan rings is 1. The summed E-state index contributed by atoms with van der Waals surface area (Å²) >= 11 is 0. The lowest BCUT2D eigenvalue weighted by molar-refractivity contribution is 0.0697. The van der Waals surface area contributed by atoms with Gasteiger partial charge in [-0.3, -0.25) is 0 Å². The maximum Gasteiger partial charge on any atom is 0.379 e. The Hall–Kier alpha value is -3.08. The van der Waals surface area contributed by atoms with Gasteiger partial charge in [0, 0.05) is 17.5 Å². The predicted molar refractivity (Wildman–Crippen MR) is 103 cm³/mol. The fraction of sp³-hybridized carbons (Fsp3) is 0.273. The van der Waals surface area contributed by atoms with Gasteiger partial charge in [-0.2, -0.15) is 0 Å². The van der Waals surface area contributed by atoms with Gasteiger partial charge >= 0.3 is 5.97 Å². The fourth-order valence-corrected chi connectivity index (χ4v) is 3.78. The third-order valence-electron chi connectivity index (χ3n) is 5.03. The van der Waals surface area contributed by atoms with Crippen LogP contribution in [0.4, 0.5) is 0 Å². The smallest absolute Gasteiger partial charge is 0.379 e. The molecule has 0 saturated carbocycles. The predicted octanol–water partition coefficient (Wildman–Crippen LogP) is 5.11. The molecule has 3 aromatic rings. The number of carbonyl (C=O) groups is 1. The molecule has 0 amide bonds. The second kappa shape index (κ2) is 6.27. The van der Waals surface area contributed by atoms with Crippen molar-refractivity contribution in [3.8, 4) is 5.75 Å². The number of oxime groups is 1. The number of ether oxygens (including phenoxy) is 1. The van der Waals surface area contributed by atoms with Gasteiger partial charge in [0.2, 0.25) is 5.76 Å². The van der Waals surface area contributed by atoms with Crippen LogP contribution in [0, 0.1) is 12.3 Å². The minimum Gasteiger partial charge on any atom is -0.453 e. The number of fused-ring (bicyclic) bond motifs is 2. The van der Waals surface area contributed by atoms with Gasteiger partial charge in [-0.15, -0.1) is 0 Å². The van der Waals surface area contributed by atoms with Gasteiger partial charge in [0.1, 0.15) is 11.5 Å². The summed E-state index contributed by atoms with van der Waals surface area (Å²) in [5.74, 6) is 0.741. The zero-order valence-electron chi connectivity index (χ0n) is 15.6. The second-order valence-corrected chi connectivity index (χ2v) is 7.82. The molecule has 0 radical (unpaired) electrons. The van der Waals surface area contributed by atoms with Crippen LogP contribution in [0.25, 0.3) is 10.8 Å². The Labute approximate surface area is 157 Å². The maximum atomic E-state index is 12.7. The van der Waals surface area contributed by atoms with Crippen LogP contribution in [-0.4, -0.2) is 16.9 Å². The van der Waals surface area contributed by atoms with Crippen LogP contribution >= 0.6 is 0 Å². The van der Waals surface area contributed by atoms with E-state index in [2.05, 4.69) is 19.0 Å². The van der Waals surface area contributed by atoms with Gasteiger partial charge in [0.25, 0.3) is 0 Å². The molecule has 4 rings (SSSR count). The molecule has 5 heteroatoms. The largest absolute Gasteiger partial charge is 0.453 e. The Morgan fingerprint density at radius 1 is 1.15 bits per heavy atom. The molecule has 0 atom stereocenters. The molecule has 1 aliphatic rings. The van der Waals surface area contributed by atoms with Gasteiger partial charge in [-0.05, 0) is 41.7 Å². The molecular weight excluding hydrogens is 342 g/mol. The summed E-state index contributed by atoms with van der Waals surface area (Å²) < 4.78 is 11.4. The number of esters is 1. The van der Waals surface area contributed by atoms with E-state index in [1.54, 1.807) is 13.0 Å². The molecule has 0 bridgehead atoms. The molecule has 1 heterocycles. The summed E-state index contributed by atoms with van der Waals surface area (Å²) in [6.45, 7) is 5.95. The van der Waals surface area contributed by atoms with Crippen LogP contribution in [0.2, 0.25) is 0 Å². The van der Waals surface area contributed by atoms with Crippen molar-refractivity contribution in [1.29, 1.82) is 0 Å². The maximum absolute atomic E-state index is 12.7. The fourth-order valence-electron chi connectivity index (χ4n) is 3.78. The Morgan fingerprint density at radius 2 is 1.89 bits per heavy atom. The highest BCUT2D eigenvalue weighted by Crippen LogP contribution is 2.39. The number of benzene rings is 2. The Morgan fingerprint density at radius 3 is 2.63 bits per heavy atom. The van der Waals surface area contributed by atoms with Crippen LogP contribution in [0.5, 0.6) is 5.75 Å². The molecule has 5 nitrogen and oxygen atoms in total. The lowest BCUT2D eigenvalue weighted by atomic mass is 9.75. The lowest BCUT2D eigenvalue weighted by Gasteiger charge is -2.28. The zero-order valence-corrected chi connectivity index (χ0v) is 15.6. The Balaban J connectivity index is 1.67. The van der Waals surface area contributed by atoms with E-state index in [4.69, 9.17) is 9.15 Å². The van der Waals surface area contributed by atoms with E-state index < -0.39 is 5.97 Å². The van der Waals surface area contributed by atoms with Crippen LogP contribution in [-0.2, 0) is 6.42 Å². The van der Waals surface area contributed by atoms with Crippen LogP contribution in [0.1, 0.15) is 47.7 Å². The van der Waals surface area contributed by atoms with E-state index in [0.717, 1.165) is 16.3 Å². The standard InChI is InChI=1S/C22H21NO4/c1-13-19-17(23-25)11-22(2,3)12-18(19)27-20(13)21(24)26-16-9-8-14-6-4-5-7-15(14)10-16/h4-10,25H,11-12H2,1-3H3/b23-17-. The summed E-state index contributed by atoms with van der Waals surface area (Å²) in [5, 5.41) is 14.9. The first kappa shape index (κ1) is 17.3. The minimum atomic E-state index is -0.549. The van der Waals surface area contributed by atoms with E-state index >= 15 is 0 Å². The zero-order chi connectivity index (χ0) is 19.2. The molecule has 1 aliphatic carbocycles. The first-order valence-electron chi connectivity index (χ1n) is 8.92. The highest BCUT2D eigenvalue weighted by atomic mass is 16.5. The SMILES string of the molecule is Cc1c(C(=O)Oc2ccc3ccccc3c2)oc2c1/C(=N\O)CC(C)(C)C2. The van der Waals surface area contributed by atoms with Crippen molar-refractivity contribution in [3.63, 3.8) is 0 Å². The van der Waals surface area contributed by atoms with Crippen molar-refractivity contribution < 1.29 is 19.2 Å². The van der Waals surface area contributed by atoms with Crippen LogP contribution < -0.4 is 4.74 Å². The number of hydrogen-bond acceptors (Lipinski definition) is 5. The van der Waals surface area contributed by atoms with E-state index in [-0.39, 0.29) is 11.2 Å². The van der Waals surface area contributed by atoms with E-state index in [0.29, 0.717) is 35.6 Å². The summed E-state index contributed by atoms with van der Waals surface area (Å²) in [6, 6.07) is 13.4. The van der Waals surface area contributed by atoms with E-state index in [1.807, 2.05) is 36.4 Å². The van der Waals surface area contributed by atoms with Crippen LogP contribution in [0.15, 0.2) is 52.0 Å². The molecule has 0 unspecified atom stereocenters. The van der Waals surface area contributed by atoms with Crippen molar-refractivity contribution in [3.05, 3.63) is 65.1 Å². The number of carbonyl (C=O) groups excluding carboxylic acids is 1. The average Bonchev–Trinajstić information content (AvgIpc) is 2.96. The highest BCUT2D eigenvalue weighted by molar-refractivity contribution is 6.06. The van der Waals surface area contributed by atoms with Crippen LogP contribution in [0.3, 0.4) is 0 Å². The quantitative estimate of drug-likeness (QED) is 0.297. The summed E-state index contributed by atoms with van der Waals surface area (Å²) in [4.78, 5) is 12.7. The highest BCUT2D eigenvalue weighted by Gasteiger charge is 2.36. The Kier molecular flexibility index (Phi) is 4.02. The van der Waals surface area contributed by atoms with Crippen molar-refractivity contribution in [2.24, 2.45) is 10.6 Å². The molecule has 1 N–H and O–H groups in total. The summed E-state index contributed by atoms with van der Waals surface area (Å²) in [5.41, 5.74) is 1.83. The molecule has 27 heavy (non-hydrogen) atoms. The number of rotatable bonds is 2. The molecule has 1 aromatic heterocycles.